The number of halogens is 4. The zero-order chi connectivity index (χ0) is 15.7. The van der Waals surface area contributed by atoms with Crippen LogP contribution in [0.25, 0.3) is 0 Å². The van der Waals surface area contributed by atoms with Crippen LogP contribution in [0.4, 0.5) is 23.7 Å². The van der Waals surface area contributed by atoms with Crippen molar-refractivity contribution in [2.24, 2.45) is 4.99 Å². The van der Waals surface area contributed by atoms with E-state index in [0.29, 0.717) is 18.0 Å². The Labute approximate surface area is 128 Å². The van der Waals surface area contributed by atoms with Gasteiger partial charge in [-0.3, -0.25) is 0 Å². The molecular weight excluding hydrogens is 325 g/mol. The van der Waals surface area contributed by atoms with E-state index in [4.69, 9.17) is 11.6 Å². The van der Waals surface area contributed by atoms with Crippen molar-refractivity contribution in [2.75, 3.05) is 11.1 Å². The number of alkyl halides is 3. The Bertz CT molecular complexity index is 618. The molecule has 0 saturated heterocycles. The molecule has 0 aromatic heterocycles. The number of rotatable bonds is 3. The molecule has 3 nitrogen and oxygen atoms in total. The summed E-state index contributed by atoms with van der Waals surface area (Å²) in [7, 11) is 0. The third-order valence-corrected chi connectivity index (χ3v) is 4.49. The van der Waals surface area contributed by atoms with Gasteiger partial charge in [-0.15, -0.1) is 18.3 Å². The standard InChI is InChI=1S/C13H10ClF3N2OS/c1-2-5-21-12(13(15,16)17)7-18-11(20)19-10-4-3-8(14)6-9(10)12/h2-4,6-7H,1,5H2,(H,19,20)/t12-/m1/s1. The molecule has 1 atom stereocenters. The van der Waals surface area contributed by atoms with E-state index >= 15 is 0 Å². The second kappa shape index (κ2) is 5.73. The van der Waals surface area contributed by atoms with Gasteiger partial charge in [-0.05, 0) is 18.2 Å². The molecule has 8 heteroatoms. The highest BCUT2D eigenvalue weighted by atomic mass is 35.5. The number of fused-ring (bicyclic) bond motifs is 1. The van der Waals surface area contributed by atoms with Gasteiger partial charge in [0, 0.05) is 28.2 Å². The first kappa shape index (κ1) is 15.9. The van der Waals surface area contributed by atoms with Crippen LogP contribution in [0.5, 0.6) is 0 Å². The van der Waals surface area contributed by atoms with E-state index < -0.39 is 17.0 Å². The van der Waals surface area contributed by atoms with Crippen LogP contribution < -0.4 is 5.32 Å². The number of hydrogen-bond acceptors (Lipinski definition) is 2. The Kier molecular flexibility index (Phi) is 4.34. The average Bonchev–Trinajstić information content (AvgIpc) is 2.53. The molecule has 2 rings (SSSR count). The van der Waals surface area contributed by atoms with E-state index in [9.17, 15) is 18.0 Å². The Balaban J connectivity index is 2.72. The van der Waals surface area contributed by atoms with Gasteiger partial charge >= 0.3 is 12.2 Å². The first-order chi connectivity index (χ1) is 9.80. The minimum atomic E-state index is -4.66. The average molecular weight is 335 g/mol. The van der Waals surface area contributed by atoms with E-state index in [0.717, 1.165) is 0 Å². The summed E-state index contributed by atoms with van der Waals surface area (Å²) in [5.41, 5.74) is -0.111. The van der Waals surface area contributed by atoms with Crippen LogP contribution in [0.15, 0.2) is 35.8 Å². The minimum Gasteiger partial charge on any atom is -0.306 e. The first-order valence-corrected chi connectivity index (χ1v) is 7.14. The maximum absolute atomic E-state index is 13.7. The van der Waals surface area contributed by atoms with Gasteiger partial charge in [-0.1, -0.05) is 17.7 Å². The summed E-state index contributed by atoms with van der Waals surface area (Å²) >= 11 is 6.40. The molecule has 1 aromatic rings. The summed E-state index contributed by atoms with van der Waals surface area (Å²) in [6, 6.07) is 3.08. The molecule has 1 aliphatic heterocycles. The maximum atomic E-state index is 13.7. The molecule has 0 aliphatic carbocycles. The number of nitrogens with one attached hydrogen (secondary N) is 1. The fraction of sp³-hybridized carbons (Fsp3) is 0.231. The predicted octanol–water partition coefficient (Wildman–Crippen LogP) is 4.63. The summed E-state index contributed by atoms with van der Waals surface area (Å²) < 4.78 is 38.7. The smallest absolute Gasteiger partial charge is 0.306 e. The third-order valence-electron chi connectivity index (χ3n) is 2.84. The number of benzene rings is 1. The van der Waals surface area contributed by atoms with Crippen LogP contribution >= 0.6 is 23.4 Å². The number of urea groups is 1. The molecule has 2 amide bonds. The number of anilines is 1. The van der Waals surface area contributed by atoms with E-state index in [1.54, 1.807) is 0 Å². The zero-order valence-electron chi connectivity index (χ0n) is 10.6. The highest BCUT2D eigenvalue weighted by molar-refractivity contribution is 8.01. The van der Waals surface area contributed by atoms with Crippen molar-refractivity contribution in [3.63, 3.8) is 0 Å². The molecule has 0 fully saturated rings. The lowest BCUT2D eigenvalue weighted by molar-refractivity contribution is -0.143. The van der Waals surface area contributed by atoms with Crippen molar-refractivity contribution in [1.82, 2.24) is 0 Å². The Morgan fingerprint density at radius 3 is 2.81 bits per heavy atom. The summed E-state index contributed by atoms with van der Waals surface area (Å²) in [6.07, 6.45) is -2.68. The van der Waals surface area contributed by atoms with Gasteiger partial charge in [0.05, 0.1) is 0 Å². The number of amides is 2. The molecule has 0 spiro atoms. The molecule has 21 heavy (non-hydrogen) atoms. The lowest BCUT2D eigenvalue weighted by atomic mass is 9.96. The lowest BCUT2D eigenvalue weighted by Crippen LogP contribution is -2.41. The molecule has 1 aliphatic rings. The minimum absolute atomic E-state index is 0.0334. The summed E-state index contributed by atoms with van der Waals surface area (Å²) in [5.74, 6) is 0.0334. The first-order valence-electron chi connectivity index (χ1n) is 5.78. The fourth-order valence-corrected chi connectivity index (χ4v) is 3.08. The zero-order valence-corrected chi connectivity index (χ0v) is 12.1. The van der Waals surface area contributed by atoms with E-state index in [1.807, 2.05) is 0 Å². The molecule has 1 aromatic carbocycles. The Morgan fingerprint density at radius 2 is 2.19 bits per heavy atom. The molecule has 0 bridgehead atoms. The van der Waals surface area contributed by atoms with Gasteiger partial charge in [-0.25, -0.2) is 9.79 Å². The third kappa shape index (κ3) is 2.94. The molecular formula is C13H10ClF3N2OS. The number of carbonyl (C=O) groups is 1. The molecule has 0 radical (unpaired) electrons. The second-order valence-electron chi connectivity index (χ2n) is 4.21. The maximum Gasteiger partial charge on any atom is 0.412 e. The topological polar surface area (TPSA) is 41.5 Å². The quantitative estimate of drug-likeness (QED) is 0.819. The SMILES string of the molecule is C=CCS[C@]1(C(F)(F)F)C=NC(=O)Nc2ccc(Cl)cc21. The van der Waals surface area contributed by atoms with E-state index in [2.05, 4.69) is 16.9 Å². The molecule has 112 valence electrons. The lowest BCUT2D eigenvalue weighted by Gasteiger charge is -2.32. The highest BCUT2D eigenvalue weighted by Gasteiger charge is 2.57. The van der Waals surface area contributed by atoms with Gasteiger partial charge in [-0.2, -0.15) is 13.2 Å². The van der Waals surface area contributed by atoms with E-state index in [1.165, 1.54) is 24.3 Å². The van der Waals surface area contributed by atoms with E-state index in [-0.39, 0.29) is 22.0 Å². The fourth-order valence-electron chi connectivity index (χ4n) is 1.91. The van der Waals surface area contributed by atoms with Crippen LogP contribution in [0.1, 0.15) is 5.56 Å². The number of hydrogen-bond donors (Lipinski definition) is 1. The van der Waals surface area contributed by atoms with Gasteiger partial charge in [0.25, 0.3) is 0 Å². The molecule has 0 unspecified atom stereocenters. The highest BCUT2D eigenvalue weighted by Crippen LogP contribution is 2.51. The van der Waals surface area contributed by atoms with Crippen molar-refractivity contribution in [3.05, 3.63) is 41.4 Å². The summed E-state index contributed by atoms with van der Waals surface area (Å²) in [5, 5.41) is 2.46. The predicted molar refractivity (Wildman–Crippen MR) is 79.4 cm³/mol. The van der Waals surface area contributed by atoms with Crippen molar-refractivity contribution >= 4 is 41.3 Å². The van der Waals surface area contributed by atoms with Crippen LogP contribution in [0.2, 0.25) is 5.02 Å². The van der Waals surface area contributed by atoms with Crippen LogP contribution in [-0.2, 0) is 4.75 Å². The second-order valence-corrected chi connectivity index (χ2v) is 5.91. The monoisotopic (exact) mass is 334 g/mol. The summed E-state index contributed by atoms with van der Waals surface area (Å²) in [4.78, 5) is 14.8. The number of carbonyl (C=O) groups excluding carboxylic acids is 1. The van der Waals surface area contributed by atoms with Gasteiger partial charge in [0.2, 0.25) is 0 Å². The van der Waals surface area contributed by atoms with Gasteiger partial charge < -0.3 is 5.32 Å². The Morgan fingerprint density at radius 1 is 1.48 bits per heavy atom. The van der Waals surface area contributed by atoms with Crippen LogP contribution in [-0.4, -0.2) is 24.2 Å². The number of nitrogens with zero attached hydrogens (tertiary/aromatic N) is 1. The Hall–Kier alpha value is -1.47. The van der Waals surface area contributed by atoms with Crippen molar-refractivity contribution in [2.45, 2.75) is 10.9 Å². The summed E-state index contributed by atoms with van der Waals surface area (Å²) in [6.45, 7) is 3.43. The van der Waals surface area contributed by atoms with Crippen LogP contribution in [0, 0.1) is 0 Å². The van der Waals surface area contributed by atoms with Gasteiger partial charge in [0.15, 0.2) is 4.75 Å². The van der Waals surface area contributed by atoms with Gasteiger partial charge in [0.1, 0.15) is 0 Å². The normalized spacial score (nSPS) is 21.4. The number of aliphatic imine (C=N–C) groups is 1. The van der Waals surface area contributed by atoms with Crippen molar-refractivity contribution in [1.29, 1.82) is 0 Å². The largest absolute Gasteiger partial charge is 0.412 e. The molecule has 1 N–H and O–H groups in total. The molecule has 0 saturated carbocycles. The number of thioether (sulfide) groups is 1. The molecule has 1 heterocycles. The van der Waals surface area contributed by atoms with Crippen LogP contribution in [0.3, 0.4) is 0 Å². The van der Waals surface area contributed by atoms with Crippen molar-refractivity contribution < 1.29 is 18.0 Å². The van der Waals surface area contributed by atoms with Crippen molar-refractivity contribution in [3.8, 4) is 0 Å².